The van der Waals surface area contributed by atoms with Crippen molar-refractivity contribution in [3.05, 3.63) is 18.2 Å². The number of hydrogen-bond donors (Lipinski definition) is 2. The molecule has 0 amide bonds. The van der Waals surface area contributed by atoms with Gasteiger partial charge in [0, 0.05) is 0 Å². The van der Waals surface area contributed by atoms with Crippen molar-refractivity contribution in [1.29, 1.82) is 0 Å². The molecule has 2 fully saturated rings. The second-order valence-electron chi connectivity index (χ2n) is 8.21. The van der Waals surface area contributed by atoms with Crippen LogP contribution in [0.3, 0.4) is 0 Å². The number of nitrogens with one attached hydrogen (secondary N) is 1. The van der Waals surface area contributed by atoms with Crippen molar-refractivity contribution >= 4 is 25.2 Å². The lowest BCUT2D eigenvalue weighted by Gasteiger charge is -2.37. The fourth-order valence-electron chi connectivity index (χ4n) is 3.85. The standard InChI is InChI=1S/C19H28FN6O6P/c1-11(20)16-15(29-8-13-7-22-18-17(21)23-10-24-26(13)18)9-30-33(28,32-16)25-12(2)19(27)31-14-5-3-4-6-14/h7,10-12,14-16H,3-6,8-9H2,1-2H3,(H,25,28)(H2,21,23,24). The normalized spacial score (nSPS) is 28.1. The largest absolute Gasteiger partial charge is 0.461 e. The highest BCUT2D eigenvalue weighted by Gasteiger charge is 2.45. The zero-order valence-corrected chi connectivity index (χ0v) is 19.3. The summed E-state index contributed by atoms with van der Waals surface area (Å²) >= 11 is 0. The number of hydrogen-bond acceptors (Lipinski definition) is 10. The molecule has 5 unspecified atom stereocenters. The Morgan fingerprint density at radius 3 is 2.88 bits per heavy atom. The smallest absolute Gasteiger partial charge is 0.406 e. The Labute approximate surface area is 189 Å². The van der Waals surface area contributed by atoms with Crippen LogP contribution in [0.2, 0.25) is 0 Å². The van der Waals surface area contributed by atoms with Crippen molar-refractivity contribution in [2.75, 3.05) is 12.3 Å². The van der Waals surface area contributed by atoms with Crippen LogP contribution in [0.1, 0.15) is 45.2 Å². The summed E-state index contributed by atoms with van der Waals surface area (Å²) in [7, 11) is -3.97. The predicted molar refractivity (Wildman–Crippen MR) is 114 cm³/mol. The molecule has 3 heterocycles. The van der Waals surface area contributed by atoms with Crippen LogP contribution >= 0.6 is 7.75 Å². The molecule has 0 bridgehead atoms. The summed E-state index contributed by atoms with van der Waals surface area (Å²) in [6.45, 7) is 2.57. The number of carbonyl (C=O) groups excluding carboxylic acids is 1. The predicted octanol–water partition coefficient (Wildman–Crippen LogP) is 1.94. The van der Waals surface area contributed by atoms with E-state index in [-0.39, 0.29) is 25.1 Å². The van der Waals surface area contributed by atoms with Gasteiger partial charge in [0.15, 0.2) is 11.5 Å². The van der Waals surface area contributed by atoms with Crippen molar-refractivity contribution in [3.8, 4) is 0 Å². The number of fused-ring (bicyclic) bond motifs is 1. The first kappa shape index (κ1) is 24.0. The number of alkyl halides is 1. The number of halogens is 1. The van der Waals surface area contributed by atoms with E-state index in [1.165, 1.54) is 30.9 Å². The Bertz CT molecular complexity index is 1030. The van der Waals surface area contributed by atoms with Gasteiger partial charge in [-0.2, -0.15) is 5.10 Å². The van der Waals surface area contributed by atoms with Crippen molar-refractivity contribution in [1.82, 2.24) is 24.7 Å². The second kappa shape index (κ2) is 9.98. The molecule has 2 aromatic heterocycles. The highest BCUT2D eigenvalue weighted by molar-refractivity contribution is 7.51. The number of ether oxygens (including phenoxy) is 2. The van der Waals surface area contributed by atoms with Crippen LogP contribution in [-0.4, -0.2) is 62.7 Å². The first-order valence-corrected chi connectivity index (χ1v) is 12.4. The topological polar surface area (TPSA) is 152 Å². The number of nitrogens with zero attached hydrogens (tertiary/aromatic N) is 4. The number of rotatable bonds is 8. The van der Waals surface area contributed by atoms with Crippen LogP contribution in [0.25, 0.3) is 5.65 Å². The highest BCUT2D eigenvalue weighted by Crippen LogP contribution is 2.50. The molecule has 5 atom stereocenters. The van der Waals surface area contributed by atoms with E-state index < -0.39 is 38.1 Å². The molecule has 33 heavy (non-hydrogen) atoms. The van der Waals surface area contributed by atoms with Gasteiger partial charge in [-0.25, -0.2) is 28.5 Å². The number of nitrogens with two attached hydrogens (primary N) is 1. The summed E-state index contributed by atoms with van der Waals surface area (Å²) in [6.07, 6.45) is 2.75. The lowest BCUT2D eigenvalue weighted by molar-refractivity contribution is -0.150. The molecule has 0 radical (unpaired) electrons. The Hall–Kier alpha value is -2.18. The first-order chi connectivity index (χ1) is 15.8. The molecule has 4 rings (SSSR count). The Balaban J connectivity index is 1.36. The number of anilines is 1. The molecule has 1 saturated carbocycles. The van der Waals surface area contributed by atoms with E-state index in [1.54, 1.807) is 0 Å². The van der Waals surface area contributed by atoms with Gasteiger partial charge in [-0.05, 0) is 39.5 Å². The molecule has 0 aromatic carbocycles. The fourth-order valence-corrected chi connectivity index (χ4v) is 5.59. The minimum atomic E-state index is -3.97. The summed E-state index contributed by atoms with van der Waals surface area (Å²) < 4.78 is 50.9. The summed E-state index contributed by atoms with van der Waals surface area (Å²) in [5.41, 5.74) is 6.70. The third-order valence-corrected chi connectivity index (χ3v) is 7.34. The molecule has 1 saturated heterocycles. The number of nitrogen functional groups attached to an aromatic ring is 1. The molecule has 2 aliphatic rings. The minimum absolute atomic E-state index is 0.0000734. The Morgan fingerprint density at radius 2 is 2.15 bits per heavy atom. The molecule has 3 N–H and O–H groups in total. The van der Waals surface area contributed by atoms with Crippen LogP contribution in [-0.2, 0) is 34.5 Å². The summed E-state index contributed by atoms with van der Waals surface area (Å²) in [5, 5.41) is 6.62. The van der Waals surface area contributed by atoms with Gasteiger partial charge >= 0.3 is 13.7 Å². The average molecular weight is 486 g/mol. The molecule has 12 nitrogen and oxygen atoms in total. The molecule has 1 aliphatic carbocycles. The molecule has 182 valence electrons. The fraction of sp³-hybridized carbons (Fsp3) is 0.684. The molecule has 2 aromatic rings. The van der Waals surface area contributed by atoms with Crippen LogP contribution < -0.4 is 10.8 Å². The van der Waals surface area contributed by atoms with Crippen molar-refractivity contribution < 1.29 is 32.3 Å². The maximum Gasteiger partial charge on any atom is 0.406 e. The number of esters is 1. The van der Waals surface area contributed by atoms with Crippen molar-refractivity contribution in [2.24, 2.45) is 0 Å². The van der Waals surface area contributed by atoms with E-state index in [0.717, 1.165) is 25.7 Å². The second-order valence-corrected chi connectivity index (χ2v) is 9.94. The SMILES string of the molecule is CC(NP1(=O)OCC(OCc2cnc3c(N)ncnn23)C(C(C)F)O1)C(=O)OC1CCCC1. The van der Waals surface area contributed by atoms with Crippen molar-refractivity contribution in [3.63, 3.8) is 0 Å². The van der Waals surface area contributed by atoms with Crippen molar-refractivity contribution in [2.45, 2.75) is 76.7 Å². The van der Waals surface area contributed by atoms with Gasteiger partial charge in [0.25, 0.3) is 0 Å². The molecular weight excluding hydrogens is 458 g/mol. The third-order valence-electron chi connectivity index (χ3n) is 5.63. The van der Waals surface area contributed by atoms with E-state index in [4.69, 9.17) is 24.3 Å². The molecule has 14 heteroatoms. The van der Waals surface area contributed by atoms with E-state index in [2.05, 4.69) is 20.2 Å². The van der Waals surface area contributed by atoms with Crippen LogP contribution in [0.15, 0.2) is 12.5 Å². The van der Waals surface area contributed by atoms with E-state index in [9.17, 15) is 13.8 Å². The quantitative estimate of drug-likeness (QED) is 0.416. The highest BCUT2D eigenvalue weighted by atomic mass is 31.2. The Morgan fingerprint density at radius 1 is 1.39 bits per heavy atom. The summed E-state index contributed by atoms with van der Waals surface area (Å²) in [6, 6.07) is -0.951. The maximum absolute atomic E-state index is 14.4. The molecule has 1 aliphatic heterocycles. The van der Waals surface area contributed by atoms with Gasteiger partial charge < -0.3 is 15.2 Å². The lowest BCUT2D eigenvalue weighted by atomic mass is 10.1. The third kappa shape index (κ3) is 5.49. The summed E-state index contributed by atoms with van der Waals surface area (Å²) in [4.78, 5) is 20.3. The zero-order chi connectivity index (χ0) is 23.6. The number of aromatic nitrogens is 4. The van der Waals surface area contributed by atoms with Gasteiger partial charge in [-0.3, -0.25) is 13.8 Å². The minimum Gasteiger partial charge on any atom is -0.461 e. The zero-order valence-electron chi connectivity index (χ0n) is 18.4. The monoisotopic (exact) mass is 486 g/mol. The van der Waals surface area contributed by atoms with Gasteiger partial charge in [0.05, 0.1) is 25.1 Å². The van der Waals surface area contributed by atoms with Gasteiger partial charge in [0.1, 0.15) is 36.9 Å². The number of carbonyl (C=O) groups is 1. The molecular formula is C19H28FN6O6P. The first-order valence-electron chi connectivity index (χ1n) is 10.9. The number of imidazole rings is 1. The van der Waals surface area contributed by atoms with Crippen LogP contribution in [0.4, 0.5) is 10.2 Å². The summed E-state index contributed by atoms with van der Waals surface area (Å²) in [5.74, 6) is -0.343. The van der Waals surface area contributed by atoms with Gasteiger partial charge in [-0.1, -0.05) is 0 Å². The maximum atomic E-state index is 14.4. The van der Waals surface area contributed by atoms with Gasteiger partial charge in [-0.15, -0.1) is 0 Å². The Kier molecular flexibility index (Phi) is 7.25. The van der Waals surface area contributed by atoms with Crippen LogP contribution in [0, 0.1) is 0 Å². The average Bonchev–Trinajstić information content (AvgIpc) is 3.43. The van der Waals surface area contributed by atoms with E-state index in [0.29, 0.717) is 11.3 Å². The van der Waals surface area contributed by atoms with Crippen LogP contribution in [0.5, 0.6) is 0 Å². The van der Waals surface area contributed by atoms with Gasteiger partial charge in [0.2, 0.25) is 0 Å². The van der Waals surface area contributed by atoms with E-state index in [1.807, 2.05) is 0 Å². The molecule has 0 spiro atoms. The van der Waals surface area contributed by atoms with E-state index >= 15 is 0 Å². The lowest BCUT2D eigenvalue weighted by Crippen LogP contribution is -2.47.